The minimum absolute atomic E-state index is 0.431. The van der Waals surface area contributed by atoms with E-state index in [1.54, 1.807) is 0 Å². The van der Waals surface area contributed by atoms with Crippen molar-refractivity contribution in [2.75, 3.05) is 0 Å². The van der Waals surface area contributed by atoms with Crippen molar-refractivity contribution in [3.63, 3.8) is 0 Å². The smallest absolute Gasteiger partial charge is 0.161 e. The first kappa shape index (κ1) is 4.42. The molecule has 0 amide bonds. The predicted octanol–water partition coefficient (Wildman–Crippen LogP) is 3.97. The number of rotatable bonds is 2. The second-order valence-electron chi connectivity index (χ2n) is 3.00. The minimum Gasteiger partial charge on any atom is -0.294 e. The third kappa shape index (κ3) is 3.88. The molecule has 0 fully saturated rings. The molecule has 0 aliphatic heterocycles. The maximum absolute atomic E-state index is 12.5. The van der Waals surface area contributed by atoms with Crippen LogP contribution >= 0.6 is 11.6 Å². The van der Waals surface area contributed by atoms with Gasteiger partial charge in [-0.15, -0.1) is 0 Å². The summed E-state index contributed by atoms with van der Waals surface area (Å²) in [5.74, 6) is -1.50. The number of allylic oxidation sites excluding steroid dienone is 1. The van der Waals surface area contributed by atoms with Crippen LogP contribution in [-0.4, -0.2) is 5.78 Å². The Bertz CT molecular complexity index is 587. The summed E-state index contributed by atoms with van der Waals surface area (Å²) in [5.41, 5.74) is -3.07. The van der Waals surface area contributed by atoms with Crippen molar-refractivity contribution < 1.29 is 17.1 Å². The van der Waals surface area contributed by atoms with E-state index < -0.39 is 31.8 Å². The van der Waals surface area contributed by atoms with Gasteiger partial charge in [-0.25, -0.2) is 0 Å². The van der Waals surface area contributed by atoms with Crippen molar-refractivity contribution in [3.8, 4) is 0 Å². The predicted molar refractivity (Wildman–Crippen MR) is 64.9 cm³/mol. The van der Waals surface area contributed by atoms with Crippen LogP contribution in [0.5, 0.6) is 0 Å². The quantitative estimate of drug-likeness (QED) is 0.704. The van der Waals surface area contributed by atoms with Gasteiger partial charge in [-0.1, -0.05) is 50.4 Å². The fourth-order valence-electron chi connectivity index (χ4n) is 0.871. The summed E-state index contributed by atoms with van der Waals surface area (Å²) in [6, 6.07) is 6.04. The number of hydrogen-bond acceptors (Lipinski definition) is 1. The molecule has 0 bridgehead atoms. The molecule has 80 valence electrons. The van der Waals surface area contributed by atoms with Crippen LogP contribution in [0.25, 0.3) is 6.08 Å². The van der Waals surface area contributed by atoms with E-state index in [2.05, 4.69) is 0 Å². The first-order valence-electron chi connectivity index (χ1n) is 8.63. The number of carbonyl (C=O) groups excluding carboxylic acids is 1. The molecule has 2 heteroatoms. The molecular formula is C13H15ClO. The standard InChI is InChI=1S/C13H15ClO/c1-13(2,3)12(15)9-6-10-4-7-11(14)8-5-10/h4-9H,1-3H3/b9-6+/i1D3,2D3,3D3. The van der Waals surface area contributed by atoms with E-state index in [-0.39, 0.29) is 0 Å². The molecule has 0 aliphatic carbocycles. The molecule has 0 saturated heterocycles. The summed E-state index contributed by atoms with van der Waals surface area (Å²) in [6.07, 6.45) is 1.82. The molecule has 0 radical (unpaired) electrons. The van der Waals surface area contributed by atoms with Gasteiger partial charge in [0, 0.05) is 22.8 Å². The van der Waals surface area contributed by atoms with Crippen LogP contribution in [-0.2, 0) is 4.79 Å². The van der Waals surface area contributed by atoms with Crippen LogP contribution in [0.4, 0.5) is 0 Å². The van der Waals surface area contributed by atoms with Crippen molar-refractivity contribution >= 4 is 23.5 Å². The molecule has 1 rings (SSSR count). The van der Waals surface area contributed by atoms with E-state index in [1.165, 1.54) is 24.3 Å². The summed E-state index contributed by atoms with van der Waals surface area (Å²) in [6.45, 7) is -10.7. The Morgan fingerprint density at radius 3 is 2.47 bits per heavy atom. The number of hydrogen-bond donors (Lipinski definition) is 0. The molecule has 0 heterocycles. The van der Waals surface area contributed by atoms with Crippen LogP contribution in [0.15, 0.2) is 30.3 Å². The fourth-order valence-corrected chi connectivity index (χ4v) is 0.997. The van der Waals surface area contributed by atoms with E-state index >= 15 is 0 Å². The fraction of sp³-hybridized carbons (Fsp3) is 0.308. The number of halogens is 1. The molecule has 15 heavy (non-hydrogen) atoms. The summed E-state index contributed by atoms with van der Waals surface area (Å²) >= 11 is 5.71. The van der Waals surface area contributed by atoms with E-state index in [4.69, 9.17) is 23.9 Å². The average molecular weight is 232 g/mol. The van der Waals surface area contributed by atoms with Crippen LogP contribution < -0.4 is 0 Å². The van der Waals surface area contributed by atoms with Gasteiger partial charge in [0.05, 0.1) is 0 Å². The zero-order valence-electron chi connectivity index (χ0n) is 16.8. The monoisotopic (exact) mass is 231 g/mol. The molecule has 1 nitrogen and oxygen atoms in total. The van der Waals surface area contributed by atoms with Crippen molar-refractivity contribution in [1.82, 2.24) is 0 Å². The number of benzene rings is 1. The molecular weight excluding hydrogens is 208 g/mol. The molecule has 0 saturated carbocycles. The third-order valence-electron chi connectivity index (χ3n) is 1.67. The SMILES string of the molecule is [2H]C([2H])([2H])C(C(=O)/C=C/c1ccc(Cl)cc1)(C([2H])([2H])[2H])C([2H])([2H])[2H]. The summed E-state index contributed by atoms with van der Waals surface area (Å²) in [4.78, 5) is 12.5. The van der Waals surface area contributed by atoms with Crippen molar-refractivity contribution in [1.29, 1.82) is 0 Å². The van der Waals surface area contributed by atoms with Crippen LogP contribution in [0, 0.1) is 5.41 Å². The lowest BCUT2D eigenvalue weighted by Gasteiger charge is -2.12. The average Bonchev–Trinajstić information content (AvgIpc) is 2.33. The molecule has 1 aromatic rings. The van der Waals surface area contributed by atoms with Crippen LogP contribution in [0.1, 0.15) is 38.5 Å². The van der Waals surface area contributed by atoms with Crippen molar-refractivity contribution in [3.05, 3.63) is 40.9 Å². The lowest BCUT2D eigenvalue weighted by Crippen LogP contribution is -2.17. The van der Waals surface area contributed by atoms with Gasteiger partial charge in [0.2, 0.25) is 0 Å². The highest BCUT2D eigenvalue weighted by Gasteiger charge is 2.17. The Hall–Kier alpha value is -1.08. The first-order chi connectivity index (χ1) is 10.6. The number of carbonyl (C=O) groups is 1. The van der Waals surface area contributed by atoms with Crippen LogP contribution in [0.2, 0.25) is 5.02 Å². The van der Waals surface area contributed by atoms with Crippen LogP contribution in [0.3, 0.4) is 0 Å². The highest BCUT2D eigenvalue weighted by Crippen LogP contribution is 2.16. The van der Waals surface area contributed by atoms with Gasteiger partial charge >= 0.3 is 0 Å². The van der Waals surface area contributed by atoms with E-state index in [0.717, 1.165) is 6.08 Å². The molecule has 0 spiro atoms. The van der Waals surface area contributed by atoms with Gasteiger partial charge in [-0.05, 0) is 23.8 Å². The maximum Gasteiger partial charge on any atom is 0.161 e. The lowest BCUT2D eigenvalue weighted by atomic mass is 9.90. The van der Waals surface area contributed by atoms with E-state index in [9.17, 15) is 4.79 Å². The topological polar surface area (TPSA) is 17.1 Å². The third-order valence-corrected chi connectivity index (χ3v) is 1.92. The van der Waals surface area contributed by atoms with Crippen molar-refractivity contribution in [2.45, 2.75) is 20.6 Å². The molecule has 0 atom stereocenters. The highest BCUT2D eigenvalue weighted by molar-refractivity contribution is 6.30. The Balaban J connectivity index is 3.45. The summed E-state index contributed by atoms with van der Waals surface area (Å²) < 4.78 is 66.9. The molecule has 0 unspecified atom stereocenters. The second kappa shape index (κ2) is 4.63. The van der Waals surface area contributed by atoms with Crippen molar-refractivity contribution in [2.24, 2.45) is 5.41 Å². The molecule has 0 aromatic heterocycles. The largest absolute Gasteiger partial charge is 0.294 e. The zero-order valence-corrected chi connectivity index (χ0v) is 8.51. The van der Waals surface area contributed by atoms with Gasteiger partial charge in [-0.3, -0.25) is 4.79 Å². The van der Waals surface area contributed by atoms with Gasteiger partial charge in [0.1, 0.15) is 0 Å². The second-order valence-corrected chi connectivity index (χ2v) is 3.44. The molecule has 0 aliphatic rings. The minimum atomic E-state index is -3.55. The number of ketones is 1. The Kier molecular flexibility index (Phi) is 1.36. The zero-order chi connectivity index (χ0) is 19.0. The normalized spacial score (nSPS) is 23.4. The van der Waals surface area contributed by atoms with Gasteiger partial charge in [-0.2, -0.15) is 0 Å². The first-order valence-corrected chi connectivity index (χ1v) is 4.50. The molecule has 0 N–H and O–H groups in total. The highest BCUT2D eigenvalue weighted by atomic mass is 35.5. The summed E-state index contributed by atoms with van der Waals surface area (Å²) in [7, 11) is 0. The molecule has 1 aromatic carbocycles. The van der Waals surface area contributed by atoms with Gasteiger partial charge in [0.25, 0.3) is 0 Å². The van der Waals surface area contributed by atoms with E-state index in [0.29, 0.717) is 16.7 Å². The maximum atomic E-state index is 12.5. The summed E-state index contributed by atoms with van der Waals surface area (Å²) in [5, 5.41) is 0.431. The Morgan fingerprint density at radius 2 is 1.93 bits per heavy atom. The van der Waals surface area contributed by atoms with Gasteiger partial charge in [0.15, 0.2) is 5.78 Å². The lowest BCUT2D eigenvalue weighted by molar-refractivity contribution is -0.121. The Labute approximate surface area is 108 Å². The van der Waals surface area contributed by atoms with Gasteiger partial charge < -0.3 is 0 Å². The Morgan fingerprint density at radius 1 is 1.33 bits per heavy atom. The van der Waals surface area contributed by atoms with E-state index in [1.807, 2.05) is 0 Å².